The largest absolute Gasteiger partial charge is 0.394 e. The summed E-state index contributed by atoms with van der Waals surface area (Å²) in [7, 11) is 0. The maximum absolute atomic E-state index is 8.55. The highest BCUT2D eigenvalue weighted by atomic mass is 16.5. The molecule has 5 heteroatoms. The van der Waals surface area contributed by atoms with Gasteiger partial charge in [-0.1, -0.05) is 0 Å². The van der Waals surface area contributed by atoms with Crippen LogP contribution in [0.4, 0.5) is 0 Å². The second-order valence-electron chi connectivity index (χ2n) is 2.85. The van der Waals surface area contributed by atoms with Crippen LogP contribution in [0.5, 0.6) is 0 Å². The SMILES string of the molecule is OCCOCn1ccc2cncnc21. The van der Waals surface area contributed by atoms with Gasteiger partial charge in [-0.05, 0) is 6.07 Å². The Labute approximate surface area is 81.0 Å². The molecule has 5 nitrogen and oxygen atoms in total. The first-order valence-corrected chi connectivity index (χ1v) is 4.35. The smallest absolute Gasteiger partial charge is 0.145 e. The van der Waals surface area contributed by atoms with Crippen LogP contribution in [0.1, 0.15) is 0 Å². The molecule has 0 fully saturated rings. The van der Waals surface area contributed by atoms with Crippen LogP contribution in [-0.4, -0.2) is 32.9 Å². The molecule has 0 atom stereocenters. The second kappa shape index (κ2) is 4.17. The van der Waals surface area contributed by atoms with Crippen molar-refractivity contribution in [3.05, 3.63) is 24.8 Å². The molecule has 0 aliphatic rings. The van der Waals surface area contributed by atoms with Crippen molar-refractivity contribution in [1.82, 2.24) is 14.5 Å². The molecular weight excluding hydrogens is 182 g/mol. The van der Waals surface area contributed by atoms with Crippen LogP contribution < -0.4 is 0 Å². The number of aliphatic hydroxyl groups excluding tert-OH is 1. The summed E-state index contributed by atoms with van der Waals surface area (Å²) in [6.45, 7) is 0.778. The summed E-state index contributed by atoms with van der Waals surface area (Å²) in [6, 6.07) is 1.93. The Morgan fingerprint density at radius 2 is 2.43 bits per heavy atom. The van der Waals surface area contributed by atoms with Crippen molar-refractivity contribution < 1.29 is 9.84 Å². The zero-order chi connectivity index (χ0) is 9.80. The van der Waals surface area contributed by atoms with E-state index in [4.69, 9.17) is 9.84 Å². The van der Waals surface area contributed by atoms with Crippen LogP contribution in [-0.2, 0) is 11.5 Å². The molecule has 0 aromatic carbocycles. The van der Waals surface area contributed by atoms with Crippen LogP contribution in [0.15, 0.2) is 24.8 Å². The van der Waals surface area contributed by atoms with Crippen molar-refractivity contribution in [2.24, 2.45) is 0 Å². The van der Waals surface area contributed by atoms with Crippen molar-refractivity contribution in [3.8, 4) is 0 Å². The maximum atomic E-state index is 8.55. The lowest BCUT2D eigenvalue weighted by Gasteiger charge is -2.04. The van der Waals surface area contributed by atoms with E-state index in [-0.39, 0.29) is 6.61 Å². The van der Waals surface area contributed by atoms with Gasteiger partial charge in [-0.3, -0.25) is 0 Å². The lowest BCUT2D eigenvalue weighted by atomic mass is 10.4. The van der Waals surface area contributed by atoms with Crippen molar-refractivity contribution in [3.63, 3.8) is 0 Å². The molecule has 0 aliphatic heterocycles. The van der Waals surface area contributed by atoms with E-state index in [1.165, 1.54) is 6.33 Å². The monoisotopic (exact) mass is 193 g/mol. The van der Waals surface area contributed by atoms with Gasteiger partial charge in [0.2, 0.25) is 0 Å². The van der Waals surface area contributed by atoms with Gasteiger partial charge >= 0.3 is 0 Å². The van der Waals surface area contributed by atoms with Gasteiger partial charge in [-0.25, -0.2) is 9.97 Å². The molecule has 2 rings (SSSR count). The predicted molar refractivity (Wildman–Crippen MR) is 50.6 cm³/mol. The number of fused-ring (bicyclic) bond motifs is 1. The molecule has 0 radical (unpaired) electrons. The van der Waals surface area contributed by atoms with Crippen molar-refractivity contribution in [2.45, 2.75) is 6.73 Å². The second-order valence-corrected chi connectivity index (χ2v) is 2.85. The highest BCUT2D eigenvalue weighted by Gasteiger charge is 2.00. The first-order valence-electron chi connectivity index (χ1n) is 4.35. The highest BCUT2D eigenvalue weighted by molar-refractivity contribution is 5.74. The first kappa shape index (κ1) is 9.11. The van der Waals surface area contributed by atoms with Crippen LogP contribution in [0.3, 0.4) is 0 Å². The lowest BCUT2D eigenvalue weighted by Crippen LogP contribution is -2.05. The van der Waals surface area contributed by atoms with E-state index in [0.717, 1.165) is 11.0 Å². The molecule has 2 aromatic rings. The molecule has 2 aromatic heterocycles. The minimum absolute atomic E-state index is 0.0359. The number of hydrogen-bond donors (Lipinski definition) is 1. The van der Waals surface area contributed by atoms with Crippen molar-refractivity contribution in [1.29, 1.82) is 0 Å². The van der Waals surface area contributed by atoms with E-state index < -0.39 is 0 Å². The van der Waals surface area contributed by atoms with Gasteiger partial charge in [0, 0.05) is 17.8 Å². The van der Waals surface area contributed by atoms with E-state index in [2.05, 4.69) is 9.97 Å². The molecule has 2 heterocycles. The van der Waals surface area contributed by atoms with Gasteiger partial charge in [0.1, 0.15) is 18.7 Å². The normalized spacial score (nSPS) is 10.9. The van der Waals surface area contributed by atoms with Crippen LogP contribution in [0.2, 0.25) is 0 Å². The van der Waals surface area contributed by atoms with Gasteiger partial charge in [0.25, 0.3) is 0 Å². The minimum atomic E-state index is 0.0359. The third kappa shape index (κ3) is 1.73. The fourth-order valence-corrected chi connectivity index (χ4v) is 1.26. The quantitative estimate of drug-likeness (QED) is 0.714. The maximum Gasteiger partial charge on any atom is 0.145 e. The number of rotatable bonds is 4. The highest BCUT2D eigenvalue weighted by Crippen LogP contribution is 2.10. The molecule has 74 valence electrons. The average molecular weight is 193 g/mol. The zero-order valence-corrected chi connectivity index (χ0v) is 7.63. The zero-order valence-electron chi connectivity index (χ0n) is 7.63. The van der Waals surface area contributed by atoms with Gasteiger partial charge < -0.3 is 14.4 Å². The first-order chi connectivity index (χ1) is 6.92. The Balaban J connectivity index is 2.17. The predicted octanol–water partition coefficient (Wildman–Crippen LogP) is 0.398. The molecule has 0 unspecified atom stereocenters. The topological polar surface area (TPSA) is 60.2 Å². The summed E-state index contributed by atoms with van der Waals surface area (Å²) in [6.07, 6.45) is 5.15. The summed E-state index contributed by atoms with van der Waals surface area (Å²) in [5.74, 6) is 0. The summed E-state index contributed by atoms with van der Waals surface area (Å²) in [4.78, 5) is 8.05. The van der Waals surface area contributed by atoms with Crippen molar-refractivity contribution >= 4 is 11.0 Å². The molecule has 0 amide bonds. The van der Waals surface area contributed by atoms with Crippen molar-refractivity contribution in [2.75, 3.05) is 13.2 Å². The summed E-state index contributed by atoms with van der Waals surface area (Å²) >= 11 is 0. The third-order valence-corrected chi connectivity index (χ3v) is 1.89. The number of aromatic nitrogens is 3. The van der Waals surface area contributed by atoms with Crippen LogP contribution >= 0.6 is 0 Å². The number of nitrogens with zero attached hydrogens (tertiary/aromatic N) is 3. The Bertz CT molecular complexity index is 413. The molecule has 0 saturated heterocycles. The molecule has 0 spiro atoms. The molecule has 0 bridgehead atoms. The van der Waals surface area contributed by atoms with E-state index in [9.17, 15) is 0 Å². The third-order valence-electron chi connectivity index (χ3n) is 1.89. The number of hydrogen-bond acceptors (Lipinski definition) is 4. The van der Waals surface area contributed by atoms with E-state index >= 15 is 0 Å². The fraction of sp³-hybridized carbons (Fsp3) is 0.333. The van der Waals surface area contributed by atoms with Gasteiger partial charge in [-0.15, -0.1) is 0 Å². The molecule has 1 N–H and O–H groups in total. The Morgan fingerprint density at radius 1 is 1.50 bits per heavy atom. The fourth-order valence-electron chi connectivity index (χ4n) is 1.26. The molecule has 14 heavy (non-hydrogen) atoms. The standard InChI is InChI=1S/C9H11N3O2/c13-3-4-14-7-12-2-1-8-5-10-6-11-9(8)12/h1-2,5-6,13H,3-4,7H2. The minimum Gasteiger partial charge on any atom is -0.394 e. The van der Waals surface area contributed by atoms with Gasteiger partial charge in [0.05, 0.1) is 13.2 Å². The lowest BCUT2D eigenvalue weighted by molar-refractivity contribution is 0.0502. The van der Waals surface area contributed by atoms with Crippen LogP contribution in [0.25, 0.3) is 11.0 Å². The molecular formula is C9H11N3O2. The summed E-state index contributed by atoms with van der Waals surface area (Å²) < 4.78 is 7.06. The van der Waals surface area contributed by atoms with E-state index in [0.29, 0.717) is 13.3 Å². The Hall–Kier alpha value is -1.46. The molecule has 0 saturated carbocycles. The molecule has 0 aliphatic carbocycles. The Morgan fingerprint density at radius 3 is 3.29 bits per heavy atom. The number of ether oxygens (including phenoxy) is 1. The van der Waals surface area contributed by atoms with E-state index in [1.54, 1.807) is 6.20 Å². The van der Waals surface area contributed by atoms with E-state index in [1.807, 2.05) is 16.8 Å². The average Bonchev–Trinajstić information content (AvgIpc) is 2.63. The van der Waals surface area contributed by atoms with Crippen LogP contribution in [0, 0.1) is 0 Å². The summed E-state index contributed by atoms with van der Waals surface area (Å²) in [5.41, 5.74) is 0.845. The van der Waals surface area contributed by atoms with Gasteiger partial charge in [0.15, 0.2) is 0 Å². The Kier molecular flexibility index (Phi) is 2.71. The number of aliphatic hydroxyl groups is 1. The van der Waals surface area contributed by atoms with Gasteiger partial charge in [-0.2, -0.15) is 0 Å². The summed E-state index contributed by atoms with van der Waals surface area (Å²) in [5, 5.41) is 9.53.